The third-order valence-corrected chi connectivity index (χ3v) is 5.20. The fourth-order valence-electron chi connectivity index (χ4n) is 3.27. The predicted octanol–water partition coefficient (Wildman–Crippen LogP) is 4.26. The third kappa shape index (κ3) is 5.31. The summed E-state index contributed by atoms with van der Waals surface area (Å²) in [4.78, 5) is 20.9. The van der Waals surface area contributed by atoms with Crippen LogP contribution in [0.1, 0.15) is 11.5 Å². The van der Waals surface area contributed by atoms with Crippen LogP contribution in [0.15, 0.2) is 65.4 Å². The summed E-state index contributed by atoms with van der Waals surface area (Å²) < 4.78 is 11.1. The van der Waals surface area contributed by atoms with Crippen LogP contribution in [0, 0.1) is 0 Å². The number of halogens is 1. The standard InChI is InChI=1S/C22H23ClN4O3/c23-20-14-17(6-7-21(20)30-16-18-4-1-2-8-24-18)25-22(28)27-11-9-26(10-12-27)15-19-5-3-13-29-19/h1-8,13-14H,9-12,15-16H2,(H,25,28). The lowest BCUT2D eigenvalue weighted by atomic mass is 10.3. The lowest BCUT2D eigenvalue weighted by molar-refractivity contribution is 0.137. The van der Waals surface area contributed by atoms with E-state index in [0.717, 1.165) is 31.1 Å². The number of anilines is 1. The van der Waals surface area contributed by atoms with Gasteiger partial charge in [0.15, 0.2) is 0 Å². The number of benzene rings is 1. The monoisotopic (exact) mass is 426 g/mol. The van der Waals surface area contributed by atoms with Crippen LogP contribution in [0.25, 0.3) is 0 Å². The molecule has 2 amide bonds. The van der Waals surface area contributed by atoms with Crippen LogP contribution in [-0.2, 0) is 13.2 Å². The molecule has 1 aromatic carbocycles. The molecule has 2 aromatic heterocycles. The summed E-state index contributed by atoms with van der Waals surface area (Å²) in [5, 5.41) is 3.35. The van der Waals surface area contributed by atoms with Crippen LogP contribution >= 0.6 is 11.6 Å². The van der Waals surface area contributed by atoms with E-state index in [4.69, 9.17) is 20.8 Å². The zero-order valence-corrected chi connectivity index (χ0v) is 17.2. The zero-order valence-electron chi connectivity index (χ0n) is 16.5. The van der Waals surface area contributed by atoms with Crippen LogP contribution in [0.2, 0.25) is 5.02 Å². The molecule has 3 aromatic rings. The largest absolute Gasteiger partial charge is 0.486 e. The van der Waals surface area contributed by atoms with Crippen LogP contribution in [-0.4, -0.2) is 47.0 Å². The van der Waals surface area contributed by atoms with Crippen LogP contribution < -0.4 is 10.1 Å². The van der Waals surface area contributed by atoms with Gasteiger partial charge in [-0.3, -0.25) is 9.88 Å². The fraction of sp³-hybridized carbons (Fsp3) is 0.273. The summed E-state index contributed by atoms with van der Waals surface area (Å²) in [6.07, 6.45) is 3.40. The average molecular weight is 427 g/mol. The maximum Gasteiger partial charge on any atom is 0.321 e. The molecule has 3 heterocycles. The van der Waals surface area contributed by atoms with Crippen LogP contribution in [0.5, 0.6) is 5.75 Å². The van der Waals surface area contributed by atoms with E-state index < -0.39 is 0 Å². The number of furan rings is 1. The Morgan fingerprint density at radius 2 is 2.00 bits per heavy atom. The predicted molar refractivity (Wildman–Crippen MR) is 115 cm³/mol. The molecule has 30 heavy (non-hydrogen) atoms. The summed E-state index contributed by atoms with van der Waals surface area (Å²) in [7, 11) is 0. The summed E-state index contributed by atoms with van der Waals surface area (Å²) in [5.74, 6) is 1.49. The molecule has 1 saturated heterocycles. The van der Waals surface area contributed by atoms with Gasteiger partial charge < -0.3 is 19.4 Å². The molecular formula is C22H23ClN4O3. The van der Waals surface area contributed by atoms with Gasteiger partial charge in [-0.1, -0.05) is 17.7 Å². The van der Waals surface area contributed by atoms with Gasteiger partial charge in [0.25, 0.3) is 0 Å². The molecule has 1 aliphatic heterocycles. The van der Waals surface area contributed by atoms with Gasteiger partial charge in [-0.15, -0.1) is 0 Å². The Labute approximate surface area is 180 Å². The Balaban J connectivity index is 1.26. The summed E-state index contributed by atoms with van der Waals surface area (Å²) in [6, 6.07) is 14.6. The second-order valence-electron chi connectivity index (χ2n) is 7.03. The van der Waals surface area contributed by atoms with Crippen molar-refractivity contribution in [2.45, 2.75) is 13.2 Å². The minimum atomic E-state index is -0.133. The molecule has 0 spiro atoms. The molecule has 0 unspecified atom stereocenters. The zero-order chi connectivity index (χ0) is 20.8. The molecule has 4 rings (SSSR count). The van der Waals surface area contributed by atoms with E-state index in [1.54, 1.807) is 35.6 Å². The molecule has 0 aliphatic carbocycles. The van der Waals surface area contributed by atoms with Gasteiger partial charge in [0.1, 0.15) is 18.1 Å². The summed E-state index contributed by atoms with van der Waals surface area (Å²) in [6.45, 7) is 4.01. The number of carbonyl (C=O) groups excluding carboxylic acids is 1. The number of hydrogen-bond acceptors (Lipinski definition) is 5. The van der Waals surface area contributed by atoms with Gasteiger partial charge in [-0.05, 0) is 42.5 Å². The SMILES string of the molecule is O=C(Nc1ccc(OCc2ccccn2)c(Cl)c1)N1CCN(Cc2ccco2)CC1. The van der Waals surface area contributed by atoms with Gasteiger partial charge in [0, 0.05) is 38.1 Å². The highest BCUT2D eigenvalue weighted by molar-refractivity contribution is 6.32. The maximum atomic E-state index is 12.6. The van der Waals surface area contributed by atoms with E-state index in [9.17, 15) is 4.79 Å². The van der Waals surface area contributed by atoms with Crippen molar-refractivity contribution in [3.05, 3.63) is 77.5 Å². The number of carbonyl (C=O) groups is 1. The number of pyridine rings is 1. The average Bonchev–Trinajstić information content (AvgIpc) is 3.27. The van der Waals surface area contributed by atoms with Crippen molar-refractivity contribution in [1.82, 2.24) is 14.8 Å². The minimum Gasteiger partial charge on any atom is -0.486 e. The highest BCUT2D eigenvalue weighted by Crippen LogP contribution is 2.28. The van der Waals surface area contributed by atoms with Gasteiger partial charge in [0.2, 0.25) is 0 Å². The molecule has 0 atom stereocenters. The Morgan fingerprint density at radius 3 is 2.70 bits per heavy atom. The number of aromatic nitrogens is 1. The van der Waals surface area contributed by atoms with Crippen molar-refractivity contribution in [1.29, 1.82) is 0 Å². The van der Waals surface area contributed by atoms with Crippen molar-refractivity contribution in [2.24, 2.45) is 0 Å². The highest BCUT2D eigenvalue weighted by atomic mass is 35.5. The molecule has 156 valence electrons. The molecule has 7 nitrogen and oxygen atoms in total. The van der Waals surface area contributed by atoms with Gasteiger partial charge >= 0.3 is 6.03 Å². The molecule has 8 heteroatoms. The van der Waals surface area contributed by atoms with Crippen molar-refractivity contribution in [3.8, 4) is 5.75 Å². The first kappa shape index (κ1) is 20.3. The minimum absolute atomic E-state index is 0.133. The van der Waals surface area contributed by atoms with Crippen molar-refractivity contribution >= 4 is 23.3 Å². The van der Waals surface area contributed by atoms with E-state index in [2.05, 4.69) is 15.2 Å². The summed E-state index contributed by atoms with van der Waals surface area (Å²) in [5.41, 5.74) is 1.45. The molecular weight excluding hydrogens is 404 g/mol. The number of rotatable bonds is 6. The maximum absolute atomic E-state index is 12.6. The molecule has 1 fully saturated rings. The van der Waals surface area contributed by atoms with Gasteiger partial charge in [0.05, 0.1) is 23.5 Å². The highest BCUT2D eigenvalue weighted by Gasteiger charge is 2.22. The normalized spacial score (nSPS) is 14.5. The number of hydrogen-bond donors (Lipinski definition) is 1. The Kier molecular flexibility index (Phi) is 6.51. The number of piperazine rings is 1. The van der Waals surface area contributed by atoms with E-state index in [1.165, 1.54) is 0 Å². The summed E-state index contributed by atoms with van der Waals surface area (Å²) >= 11 is 6.33. The van der Waals surface area contributed by atoms with Crippen LogP contribution in [0.4, 0.5) is 10.5 Å². The third-order valence-electron chi connectivity index (χ3n) is 4.90. The topological polar surface area (TPSA) is 70.8 Å². The molecule has 0 bridgehead atoms. The Bertz CT molecular complexity index is 958. The second-order valence-corrected chi connectivity index (χ2v) is 7.43. The first-order valence-electron chi connectivity index (χ1n) is 9.80. The lowest BCUT2D eigenvalue weighted by Gasteiger charge is -2.34. The van der Waals surface area contributed by atoms with E-state index in [0.29, 0.717) is 36.2 Å². The first-order valence-corrected chi connectivity index (χ1v) is 10.2. The number of nitrogens with one attached hydrogen (secondary N) is 1. The first-order chi connectivity index (χ1) is 14.7. The molecule has 0 radical (unpaired) electrons. The fourth-order valence-corrected chi connectivity index (χ4v) is 3.50. The second kappa shape index (κ2) is 9.65. The number of urea groups is 1. The van der Waals surface area contributed by atoms with Crippen molar-refractivity contribution in [3.63, 3.8) is 0 Å². The van der Waals surface area contributed by atoms with E-state index in [-0.39, 0.29) is 6.03 Å². The van der Waals surface area contributed by atoms with E-state index >= 15 is 0 Å². The van der Waals surface area contributed by atoms with Crippen molar-refractivity contribution in [2.75, 3.05) is 31.5 Å². The Hall–Kier alpha value is -3.03. The smallest absolute Gasteiger partial charge is 0.321 e. The van der Waals surface area contributed by atoms with Crippen molar-refractivity contribution < 1.29 is 13.9 Å². The van der Waals surface area contributed by atoms with Crippen LogP contribution in [0.3, 0.4) is 0 Å². The quantitative estimate of drug-likeness (QED) is 0.637. The number of amides is 2. The molecule has 1 N–H and O–H groups in total. The Morgan fingerprint density at radius 1 is 1.13 bits per heavy atom. The molecule has 1 aliphatic rings. The van der Waals surface area contributed by atoms with E-state index in [1.807, 2.05) is 30.3 Å². The van der Waals surface area contributed by atoms with Gasteiger partial charge in [-0.25, -0.2) is 4.79 Å². The number of ether oxygens (including phenoxy) is 1. The molecule has 0 saturated carbocycles. The lowest BCUT2D eigenvalue weighted by Crippen LogP contribution is -2.49. The number of nitrogens with zero attached hydrogens (tertiary/aromatic N) is 3. The van der Waals surface area contributed by atoms with Gasteiger partial charge in [-0.2, -0.15) is 0 Å².